The van der Waals surface area contributed by atoms with E-state index in [-0.39, 0.29) is 6.04 Å². The Morgan fingerprint density at radius 3 is 2.69 bits per heavy atom. The highest BCUT2D eigenvalue weighted by atomic mass is 79.9. The van der Waals surface area contributed by atoms with Gasteiger partial charge in [0.15, 0.2) is 0 Å². The van der Waals surface area contributed by atoms with Crippen LogP contribution >= 0.6 is 27.7 Å². The molecule has 0 saturated heterocycles. The minimum atomic E-state index is -4.29. The van der Waals surface area contributed by atoms with E-state index in [9.17, 15) is 13.2 Å². The van der Waals surface area contributed by atoms with E-state index in [0.717, 1.165) is 10.0 Å². The number of benzene rings is 1. The number of hydrogen-bond acceptors (Lipinski definition) is 2. The zero-order valence-corrected chi connectivity index (χ0v) is 10.4. The standard InChI is InChI=1S/C10H7BrF3NS/c11-9-15-8(5-16-9)6-2-1-3-7(4-6)10(12,13)14/h1-4,8H,5H2. The Labute approximate surface area is 103 Å². The molecule has 0 amide bonds. The van der Waals surface area contributed by atoms with Crippen molar-refractivity contribution in [1.29, 1.82) is 0 Å². The molecule has 1 aromatic carbocycles. The Morgan fingerprint density at radius 1 is 1.38 bits per heavy atom. The van der Waals surface area contributed by atoms with Gasteiger partial charge in [0.05, 0.1) is 11.6 Å². The number of alkyl halides is 3. The van der Waals surface area contributed by atoms with Gasteiger partial charge in [0.25, 0.3) is 0 Å². The normalized spacial score (nSPS) is 21.0. The van der Waals surface area contributed by atoms with Gasteiger partial charge in [0.2, 0.25) is 0 Å². The molecule has 1 nitrogen and oxygen atoms in total. The smallest absolute Gasteiger partial charge is 0.262 e. The summed E-state index contributed by atoms with van der Waals surface area (Å²) in [6.45, 7) is 0. The van der Waals surface area contributed by atoms with Crippen LogP contribution in [0.1, 0.15) is 17.2 Å². The molecule has 0 bridgehead atoms. The highest BCUT2D eigenvalue weighted by molar-refractivity contribution is 9.22. The van der Waals surface area contributed by atoms with Crippen LogP contribution in [0.2, 0.25) is 0 Å². The van der Waals surface area contributed by atoms with Gasteiger partial charge in [-0.25, -0.2) is 0 Å². The number of nitrogens with zero attached hydrogens (tertiary/aromatic N) is 1. The summed E-state index contributed by atoms with van der Waals surface area (Å²) < 4.78 is 38.2. The van der Waals surface area contributed by atoms with Gasteiger partial charge < -0.3 is 0 Å². The first-order chi connectivity index (χ1) is 7.47. The number of rotatable bonds is 1. The lowest BCUT2D eigenvalue weighted by Crippen LogP contribution is -2.06. The van der Waals surface area contributed by atoms with Gasteiger partial charge >= 0.3 is 6.18 Å². The lowest BCUT2D eigenvalue weighted by atomic mass is 10.1. The number of hydrogen-bond donors (Lipinski definition) is 0. The van der Waals surface area contributed by atoms with Crippen LogP contribution in [0.25, 0.3) is 0 Å². The Kier molecular flexibility index (Phi) is 3.30. The van der Waals surface area contributed by atoms with Crippen LogP contribution in [-0.4, -0.2) is 9.71 Å². The molecule has 1 heterocycles. The molecule has 6 heteroatoms. The van der Waals surface area contributed by atoms with E-state index in [0.29, 0.717) is 11.3 Å². The maximum Gasteiger partial charge on any atom is 0.416 e. The Hall–Kier alpha value is -0.490. The van der Waals surface area contributed by atoms with Gasteiger partial charge in [-0.15, -0.1) is 0 Å². The molecular formula is C10H7BrF3NS. The third-order valence-electron chi connectivity index (χ3n) is 2.22. The Balaban J connectivity index is 2.30. The van der Waals surface area contributed by atoms with Gasteiger partial charge in [0, 0.05) is 5.75 Å². The van der Waals surface area contributed by atoms with E-state index in [4.69, 9.17) is 0 Å². The molecule has 86 valence electrons. The van der Waals surface area contributed by atoms with Gasteiger partial charge in [-0.05, 0) is 33.6 Å². The molecule has 16 heavy (non-hydrogen) atoms. The van der Waals surface area contributed by atoms with Gasteiger partial charge in [-0.1, -0.05) is 23.9 Å². The third-order valence-corrected chi connectivity index (χ3v) is 3.93. The predicted molar refractivity (Wildman–Crippen MR) is 63.0 cm³/mol. The molecule has 0 fully saturated rings. The first-order valence-corrected chi connectivity index (χ1v) is 6.28. The molecule has 0 aromatic heterocycles. The zero-order valence-electron chi connectivity index (χ0n) is 7.96. The van der Waals surface area contributed by atoms with Crippen LogP contribution in [0.3, 0.4) is 0 Å². The molecule has 0 N–H and O–H groups in total. The number of halogens is 4. The second-order valence-corrected chi connectivity index (χ2v) is 5.62. The summed E-state index contributed by atoms with van der Waals surface area (Å²) in [6, 6.07) is 5.16. The van der Waals surface area contributed by atoms with Crippen molar-refractivity contribution in [2.45, 2.75) is 12.2 Å². The summed E-state index contributed by atoms with van der Waals surface area (Å²) in [6.07, 6.45) is -4.29. The van der Waals surface area contributed by atoms with E-state index in [2.05, 4.69) is 20.9 Å². The summed E-state index contributed by atoms with van der Waals surface area (Å²) in [5.41, 5.74) is -0.00926. The minimum Gasteiger partial charge on any atom is -0.262 e. The average Bonchev–Trinajstić information content (AvgIpc) is 2.64. The van der Waals surface area contributed by atoms with Crippen LogP contribution < -0.4 is 0 Å². The van der Waals surface area contributed by atoms with Crippen LogP contribution in [-0.2, 0) is 6.18 Å². The molecule has 1 atom stereocenters. The fraction of sp³-hybridized carbons (Fsp3) is 0.300. The topological polar surface area (TPSA) is 12.4 Å². The minimum absolute atomic E-state index is 0.179. The van der Waals surface area contributed by atoms with Crippen LogP contribution in [0.4, 0.5) is 13.2 Å². The van der Waals surface area contributed by atoms with Crippen molar-refractivity contribution < 1.29 is 13.2 Å². The summed E-state index contributed by atoms with van der Waals surface area (Å²) in [5, 5.41) is 0. The van der Waals surface area contributed by atoms with Crippen molar-refractivity contribution >= 4 is 31.6 Å². The Morgan fingerprint density at radius 2 is 2.12 bits per heavy atom. The summed E-state index contributed by atoms with van der Waals surface area (Å²) >= 11 is 4.72. The fourth-order valence-corrected chi connectivity index (χ4v) is 2.85. The van der Waals surface area contributed by atoms with E-state index in [1.165, 1.54) is 23.9 Å². The quantitative estimate of drug-likeness (QED) is 0.755. The molecule has 2 rings (SSSR count). The van der Waals surface area contributed by atoms with Crippen LogP contribution in [0, 0.1) is 0 Å². The van der Waals surface area contributed by atoms with Crippen LogP contribution in [0.5, 0.6) is 0 Å². The fourth-order valence-electron chi connectivity index (χ4n) is 1.44. The van der Waals surface area contributed by atoms with Crippen molar-refractivity contribution in [3.8, 4) is 0 Å². The molecule has 1 unspecified atom stereocenters. The predicted octanol–water partition coefficient (Wildman–Crippen LogP) is 4.24. The van der Waals surface area contributed by atoms with E-state index < -0.39 is 11.7 Å². The first kappa shape index (κ1) is 12.0. The second kappa shape index (κ2) is 4.41. The summed E-state index contributed by atoms with van der Waals surface area (Å²) in [5.74, 6) is 0.682. The van der Waals surface area contributed by atoms with Crippen molar-refractivity contribution in [2.24, 2.45) is 4.99 Å². The zero-order chi connectivity index (χ0) is 11.8. The first-order valence-electron chi connectivity index (χ1n) is 4.50. The molecule has 0 spiro atoms. The second-order valence-electron chi connectivity index (χ2n) is 3.33. The molecular weight excluding hydrogens is 303 g/mol. The SMILES string of the molecule is FC(F)(F)c1cccc(C2CSC(Br)=N2)c1. The highest BCUT2D eigenvalue weighted by Gasteiger charge is 2.31. The molecule has 1 aliphatic heterocycles. The summed E-state index contributed by atoms with van der Waals surface area (Å²) in [7, 11) is 0. The number of thioether (sulfide) groups is 1. The van der Waals surface area contributed by atoms with E-state index in [1.807, 2.05) is 0 Å². The highest BCUT2D eigenvalue weighted by Crippen LogP contribution is 2.35. The molecule has 0 saturated carbocycles. The monoisotopic (exact) mass is 309 g/mol. The number of aliphatic imine (C=N–C) groups is 1. The third kappa shape index (κ3) is 2.60. The Bertz CT molecular complexity index is 430. The van der Waals surface area contributed by atoms with Gasteiger partial charge in [-0.3, -0.25) is 4.99 Å². The summed E-state index contributed by atoms with van der Waals surface area (Å²) in [4.78, 5) is 4.21. The van der Waals surface area contributed by atoms with Crippen molar-refractivity contribution in [1.82, 2.24) is 0 Å². The maximum absolute atomic E-state index is 12.5. The van der Waals surface area contributed by atoms with Gasteiger partial charge in [0.1, 0.15) is 3.95 Å². The van der Waals surface area contributed by atoms with Crippen molar-refractivity contribution in [3.05, 3.63) is 35.4 Å². The molecule has 1 aromatic rings. The molecule has 0 aliphatic carbocycles. The average molecular weight is 310 g/mol. The molecule has 0 radical (unpaired) electrons. The van der Waals surface area contributed by atoms with E-state index in [1.54, 1.807) is 6.07 Å². The lowest BCUT2D eigenvalue weighted by Gasteiger charge is -2.10. The van der Waals surface area contributed by atoms with Gasteiger partial charge in [-0.2, -0.15) is 13.2 Å². The lowest BCUT2D eigenvalue weighted by molar-refractivity contribution is -0.137. The van der Waals surface area contributed by atoms with Crippen molar-refractivity contribution in [3.63, 3.8) is 0 Å². The largest absolute Gasteiger partial charge is 0.416 e. The van der Waals surface area contributed by atoms with Crippen LogP contribution in [0.15, 0.2) is 29.3 Å². The van der Waals surface area contributed by atoms with Crippen molar-refractivity contribution in [2.75, 3.05) is 5.75 Å². The maximum atomic E-state index is 12.5. The van der Waals surface area contributed by atoms with E-state index >= 15 is 0 Å². The molecule has 1 aliphatic rings.